The predicted octanol–water partition coefficient (Wildman–Crippen LogP) is 1.37. The Morgan fingerprint density at radius 2 is 1.47 bits per heavy atom. The van der Waals surface area contributed by atoms with Crippen LogP contribution in [0.15, 0.2) is 58.1 Å². The van der Waals surface area contributed by atoms with E-state index in [0.29, 0.717) is 23.9 Å². The molecular formula is C24H30N4O4. The maximum Gasteiger partial charge on any atom is 0.273 e. The van der Waals surface area contributed by atoms with Crippen LogP contribution in [0.25, 0.3) is 10.8 Å². The van der Waals surface area contributed by atoms with Crippen LogP contribution in [0.3, 0.4) is 0 Å². The van der Waals surface area contributed by atoms with Gasteiger partial charge in [0.15, 0.2) is 0 Å². The topological polar surface area (TPSA) is 79.9 Å². The molecule has 2 heterocycles. The van der Waals surface area contributed by atoms with Crippen molar-refractivity contribution in [2.24, 2.45) is 0 Å². The first-order valence-electron chi connectivity index (χ1n) is 11.0. The second-order valence-corrected chi connectivity index (χ2v) is 8.07. The number of fused-ring (bicyclic) bond motifs is 1. The third-order valence-corrected chi connectivity index (χ3v) is 6.10. The number of aliphatic hydroxyl groups excluding tert-OH is 1. The zero-order valence-electron chi connectivity index (χ0n) is 18.6. The SMILES string of the molecule is CCn1c(=O)c2ccccc2c(=O)n1CC(O)CN1CCN(c2ccccc2OC)CC1. The number of piperazine rings is 1. The Morgan fingerprint density at radius 1 is 0.875 bits per heavy atom. The van der Waals surface area contributed by atoms with Gasteiger partial charge in [0, 0.05) is 39.3 Å². The second-order valence-electron chi connectivity index (χ2n) is 8.07. The summed E-state index contributed by atoms with van der Waals surface area (Å²) in [5, 5.41) is 11.6. The summed E-state index contributed by atoms with van der Waals surface area (Å²) in [6.45, 7) is 5.95. The molecule has 0 aliphatic carbocycles. The van der Waals surface area contributed by atoms with E-state index >= 15 is 0 Å². The monoisotopic (exact) mass is 438 g/mol. The maximum absolute atomic E-state index is 13.0. The number of aliphatic hydroxyl groups is 1. The van der Waals surface area contributed by atoms with Crippen molar-refractivity contribution in [3.63, 3.8) is 0 Å². The lowest BCUT2D eigenvalue weighted by Crippen LogP contribution is -2.50. The second kappa shape index (κ2) is 9.58. The summed E-state index contributed by atoms with van der Waals surface area (Å²) in [6.07, 6.45) is -0.760. The van der Waals surface area contributed by atoms with Crippen molar-refractivity contribution in [2.45, 2.75) is 26.1 Å². The van der Waals surface area contributed by atoms with E-state index in [1.807, 2.05) is 25.1 Å². The number of para-hydroxylation sites is 2. The molecule has 0 bridgehead atoms. The van der Waals surface area contributed by atoms with Crippen molar-refractivity contribution < 1.29 is 9.84 Å². The number of rotatable bonds is 7. The minimum atomic E-state index is -0.760. The summed E-state index contributed by atoms with van der Waals surface area (Å²) in [4.78, 5) is 30.3. The van der Waals surface area contributed by atoms with Gasteiger partial charge in [-0.05, 0) is 31.2 Å². The number of ether oxygens (including phenoxy) is 1. The highest BCUT2D eigenvalue weighted by molar-refractivity contribution is 5.80. The highest BCUT2D eigenvalue weighted by Gasteiger charge is 2.22. The van der Waals surface area contributed by atoms with Crippen LogP contribution in [0.5, 0.6) is 5.75 Å². The molecule has 4 rings (SSSR count). The number of aromatic nitrogens is 2. The molecule has 1 N–H and O–H groups in total. The van der Waals surface area contributed by atoms with Crippen molar-refractivity contribution in [1.29, 1.82) is 0 Å². The van der Waals surface area contributed by atoms with E-state index in [0.717, 1.165) is 37.6 Å². The van der Waals surface area contributed by atoms with E-state index in [4.69, 9.17) is 4.74 Å². The van der Waals surface area contributed by atoms with Crippen LogP contribution in [0.1, 0.15) is 6.92 Å². The minimum absolute atomic E-state index is 0.0828. The van der Waals surface area contributed by atoms with Crippen molar-refractivity contribution in [3.8, 4) is 5.75 Å². The third kappa shape index (κ3) is 4.28. The standard InChI is InChI=1S/C24H30N4O4/c1-3-27-23(30)19-8-4-5-9-20(19)24(31)28(27)17-18(29)16-25-12-14-26(15-13-25)21-10-6-7-11-22(21)32-2/h4-11,18,29H,3,12-17H2,1-2H3. The summed E-state index contributed by atoms with van der Waals surface area (Å²) in [6, 6.07) is 14.8. The molecule has 1 atom stereocenters. The van der Waals surface area contributed by atoms with Gasteiger partial charge in [0.1, 0.15) is 5.75 Å². The lowest BCUT2D eigenvalue weighted by Gasteiger charge is -2.37. The predicted molar refractivity (Wildman–Crippen MR) is 126 cm³/mol. The molecular weight excluding hydrogens is 408 g/mol. The molecule has 1 aliphatic heterocycles. The quantitative estimate of drug-likeness (QED) is 0.600. The molecule has 8 heteroatoms. The van der Waals surface area contributed by atoms with Crippen molar-refractivity contribution >= 4 is 16.5 Å². The van der Waals surface area contributed by atoms with Gasteiger partial charge in [-0.3, -0.25) is 14.5 Å². The van der Waals surface area contributed by atoms with Gasteiger partial charge in [-0.2, -0.15) is 0 Å². The molecule has 2 aromatic carbocycles. The molecule has 170 valence electrons. The van der Waals surface area contributed by atoms with Gasteiger partial charge in [0.2, 0.25) is 0 Å². The van der Waals surface area contributed by atoms with E-state index in [1.165, 1.54) is 9.36 Å². The fourth-order valence-corrected chi connectivity index (χ4v) is 4.47. The van der Waals surface area contributed by atoms with Gasteiger partial charge in [-0.25, -0.2) is 9.36 Å². The summed E-state index contributed by atoms with van der Waals surface area (Å²) in [5.41, 5.74) is 0.618. The number of methoxy groups -OCH3 is 1. The van der Waals surface area contributed by atoms with Crippen LogP contribution in [-0.2, 0) is 13.1 Å². The molecule has 8 nitrogen and oxygen atoms in total. The lowest BCUT2D eigenvalue weighted by molar-refractivity contribution is 0.0864. The largest absolute Gasteiger partial charge is 0.495 e. The summed E-state index contributed by atoms with van der Waals surface area (Å²) in [7, 11) is 1.68. The van der Waals surface area contributed by atoms with Crippen molar-refractivity contribution in [2.75, 3.05) is 44.7 Å². The molecule has 0 radical (unpaired) electrons. The molecule has 1 unspecified atom stereocenters. The molecule has 3 aromatic rings. The van der Waals surface area contributed by atoms with E-state index in [2.05, 4.69) is 15.9 Å². The van der Waals surface area contributed by atoms with Gasteiger partial charge in [-0.1, -0.05) is 24.3 Å². The molecule has 0 spiro atoms. The van der Waals surface area contributed by atoms with Crippen LogP contribution in [-0.4, -0.2) is 65.3 Å². The number of β-amino-alcohol motifs (C(OH)–C–C–N with tert-alkyl or cyclic N) is 1. The third-order valence-electron chi connectivity index (χ3n) is 6.10. The molecule has 1 fully saturated rings. The highest BCUT2D eigenvalue weighted by Crippen LogP contribution is 2.28. The average molecular weight is 439 g/mol. The number of anilines is 1. The zero-order chi connectivity index (χ0) is 22.7. The number of hydrogen-bond acceptors (Lipinski definition) is 6. The number of benzene rings is 2. The number of hydrogen-bond donors (Lipinski definition) is 1. The van der Waals surface area contributed by atoms with Crippen molar-refractivity contribution in [3.05, 3.63) is 69.2 Å². The first-order chi connectivity index (χ1) is 15.5. The Labute approximate surface area is 186 Å². The van der Waals surface area contributed by atoms with E-state index < -0.39 is 6.10 Å². The molecule has 32 heavy (non-hydrogen) atoms. The molecule has 0 amide bonds. The van der Waals surface area contributed by atoms with Crippen LogP contribution >= 0.6 is 0 Å². The average Bonchev–Trinajstić information content (AvgIpc) is 2.83. The van der Waals surface area contributed by atoms with Crippen LogP contribution in [0.4, 0.5) is 5.69 Å². The number of nitrogens with zero attached hydrogens (tertiary/aromatic N) is 4. The Hall–Kier alpha value is -3.10. The summed E-state index contributed by atoms with van der Waals surface area (Å²) < 4.78 is 8.29. The van der Waals surface area contributed by atoms with Gasteiger partial charge < -0.3 is 14.7 Å². The Bertz CT molecular complexity index is 1190. The van der Waals surface area contributed by atoms with E-state index in [1.54, 1.807) is 31.4 Å². The molecule has 0 saturated carbocycles. The summed E-state index contributed by atoms with van der Waals surface area (Å²) in [5.74, 6) is 0.856. The Morgan fingerprint density at radius 3 is 2.09 bits per heavy atom. The smallest absolute Gasteiger partial charge is 0.273 e. The van der Waals surface area contributed by atoms with E-state index in [9.17, 15) is 14.7 Å². The van der Waals surface area contributed by atoms with Crippen LogP contribution in [0, 0.1) is 0 Å². The minimum Gasteiger partial charge on any atom is -0.495 e. The molecule has 1 aromatic heterocycles. The van der Waals surface area contributed by atoms with Gasteiger partial charge in [0.25, 0.3) is 11.1 Å². The van der Waals surface area contributed by atoms with Gasteiger partial charge in [-0.15, -0.1) is 0 Å². The van der Waals surface area contributed by atoms with Crippen LogP contribution < -0.4 is 20.8 Å². The highest BCUT2D eigenvalue weighted by atomic mass is 16.5. The van der Waals surface area contributed by atoms with Crippen molar-refractivity contribution in [1.82, 2.24) is 14.3 Å². The Kier molecular flexibility index (Phi) is 6.62. The normalized spacial score (nSPS) is 15.8. The first kappa shape index (κ1) is 22.1. The molecule has 1 saturated heterocycles. The van der Waals surface area contributed by atoms with Gasteiger partial charge >= 0.3 is 0 Å². The molecule has 1 aliphatic rings. The fraction of sp³-hybridized carbons (Fsp3) is 0.417. The zero-order valence-corrected chi connectivity index (χ0v) is 18.6. The maximum atomic E-state index is 13.0. The summed E-state index contributed by atoms with van der Waals surface area (Å²) >= 11 is 0. The van der Waals surface area contributed by atoms with E-state index in [-0.39, 0.29) is 17.7 Å². The first-order valence-corrected chi connectivity index (χ1v) is 11.0. The van der Waals surface area contributed by atoms with Crippen LogP contribution in [0.2, 0.25) is 0 Å². The Balaban J connectivity index is 1.45. The van der Waals surface area contributed by atoms with Gasteiger partial charge in [0.05, 0.1) is 36.2 Å². The lowest BCUT2D eigenvalue weighted by atomic mass is 10.2. The fourth-order valence-electron chi connectivity index (χ4n) is 4.47.